The van der Waals surface area contributed by atoms with Crippen molar-refractivity contribution in [2.45, 2.75) is 0 Å². The molecule has 0 amide bonds. The zero-order chi connectivity index (χ0) is 30.4. The van der Waals surface area contributed by atoms with E-state index in [0.717, 1.165) is 73.1 Å². The molecule has 0 radical (unpaired) electrons. The quantitative estimate of drug-likeness (QED) is 0.187. The molecule has 5 nitrogen and oxygen atoms in total. The molecule has 3 heterocycles. The van der Waals surface area contributed by atoms with E-state index in [1.54, 1.807) is 0 Å². The van der Waals surface area contributed by atoms with Gasteiger partial charge in [0.05, 0.1) is 22.1 Å². The number of fused-ring (bicyclic) bond motifs is 7. The van der Waals surface area contributed by atoms with Gasteiger partial charge in [-0.2, -0.15) is 0 Å². The minimum Gasteiger partial charge on any atom is -0.455 e. The van der Waals surface area contributed by atoms with E-state index in [2.05, 4.69) is 59.5 Å². The molecule has 0 atom stereocenters. The van der Waals surface area contributed by atoms with Crippen LogP contribution in [0.2, 0.25) is 0 Å². The maximum absolute atomic E-state index is 13.4. The van der Waals surface area contributed by atoms with Crippen molar-refractivity contribution in [3.63, 3.8) is 0 Å². The van der Waals surface area contributed by atoms with Gasteiger partial charge >= 0.3 is 0 Å². The maximum atomic E-state index is 13.4. The predicted molar refractivity (Wildman–Crippen MR) is 183 cm³/mol. The molecule has 10 rings (SSSR count). The monoisotopic (exact) mass is 593 g/mol. The highest BCUT2D eigenvalue weighted by Gasteiger charge is 2.34. The highest BCUT2D eigenvalue weighted by molar-refractivity contribution is 6.09. The number of ether oxygens (including phenoxy) is 2. The molecule has 0 saturated carbocycles. The third-order valence-electron chi connectivity index (χ3n) is 9.06. The van der Waals surface area contributed by atoms with Gasteiger partial charge in [0.2, 0.25) is 5.43 Å². The zero-order valence-corrected chi connectivity index (χ0v) is 24.4. The van der Waals surface area contributed by atoms with Crippen molar-refractivity contribution in [1.29, 1.82) is 0 Å². The molecular weight excluding hydrogens is 570 g/mol. The zero-order valence-electron chi connectivity index (χ0n) is 24.4. The molecule has 0 unspecified atom stereocenters. The number of nitrogens with zero attached hydrogens (tertiary/aromatic N) is 1. The number of hydrogen-bond acceptors (Lipinski definition) is 5. The Bertz CT molecular complexity index is 2640. The van der Waals surface area contributed by atoms with Crippen molar-refractivity contribution in [2.24, 2.45) is 0 Å². The molecule has 0 aliphatic carbocycles. The van der Waals surface area contributed by atoms with Gasteiger partial charge in [0.15, 0.2) is 23.0 Å². The molecule has 0 N–H and O–H groups in total. The molecule has 1 aromatic heterocycles. The first kappa shape index (κ1) is 25.0. The normalized spacial score (nSPS) is 12.7. The second-order valence-electron chi connectivity index (χ2n) is 11.6. The standard InChI is InChI=1S/C41H23NO4/c43-40-30-11-3-5-15-34(30)46-41-29(12-7-13-31(40)41)28-21-20-25(26-9-1-2-10-27(26)28)24-19-22-33-38(23-24)45-37-18-8-17-36-39(37)42(33)32-14-4-6-16-35(32)44-36/h1-23H. The highest BCUT2D eigenvalue weighted by atomic mass is 16.5. The largest absolute Gasteiger partial charge is 0.455 e. The molecule has 2 aliphatic heterocycles. The van der Waals surface area contributed by atoms with Crippen molar-refractivity contribution < 1.29 is 13.9 Å². The number of rotatable bonds is 2. The van der Waals surface area contributed by atoms with E-state index in [9.17, 15) is 4.79 Å². The molecule has 0 spiro atoms. The van der Waals surface area contributed by atoms with Crippen LogP contribution in [0, 0.1) is 0 Å². The summed E-state index contributed by atoms with van der Waals surface area (Å²) >= 11 is 0. The van der Waals surface area contributed by atoms with Gasteiger partial charge in [0.1, 0.15) is 16.9 Å². The summed E-state index contributed by atoms with van der Waals surface area (Å²) in [6.07, 6.45) is 0. The minimum absolute atomic E-state index is 0.0229. The van der Waals surface area contributed by atoms with E-state index in [4.69, 9.17) is 13.9 Å². The number of para-hydroxylation sites is 5. The van der Waals surface area contributed by atoms with E-state index in [1.807, 2.05) is 84.9 Å². The average molecular weight is 594 g/mol. The SMILES string of the molecule is O=c1c2ccccc2oc2c(-c3ccc(-c4ccc5c(c4)Oc4cccc6c4N5c4ccccc4O6)c4ccccc34)cccc12. The van der Waals surface area contributed by atoms with E-state index >= 15 is 0 Å². The lowest BCUT2D eigenvalue weighted by molar-refractivity contribution is 0.446. The fraction of sp³-hybridized carbons (Fsp3) is 0. The first-order valence-corrected chi connectivity index (χ1v) is 15.2. The first-order valence-electron chi connectivity index (χ1n) is 15.2. The Kier molecular flexibility index (Phi) is 5.08. The van der Waals surface area contributed by atoms with Gasteiger partial charge < -0.3 is 13.9 Å². The van der Waals surface area contributed by atoms with Gasteiger partial charge in [-0.3, -0.25) is 9.69 Å². The molecule has 216 valence electrons. The van der Waals surface area contributed by atoms with Gasteiger partial charge in [-0.15, -0.1) is 0 Å². The molecule has 5 heteroatoms. The maximum Gasteiger partial charge on any atom is 0.200 e. The Hall–Kier alpha value is -6.33. The van der Waals surface area contributed by atoms with Crippen molar-refractivity contribution in [3.8, 4) is 45.3 Å². The smallest absolute Gasteiger partial charge is 0.200 e. The summed E-state index contributed by atoms with van der Waals surface area (Å²) in [5.74, 6) is 3.10. The summed E-state index contributed by atoms with van der Waals surface area (Å²) in [7, 11) is 0. The molecule has 8 aromatic rings. The number of benzene rings is 7. The second kappa shape index (κ2) is 9.34. The van der Waals surface area contributed by atoms with Gasteiger partial charge in [0, 0.05) is 5.56 Å². The third kappa shape index (κ3) is 3.48. The fourth-order valence-corrected chi connectivity index (χ4v) is 6.99. The van der Waals surface area contributed by atoms with Gasteiger partial charge in [-0.1, -0.05) is 84.9 Å². The lowest BCUT2D eigenvalue weighted by atomic mass is 9.91. The number of anilines is 3. The number of hydrogen-bond donors (Lipinski definition) is 0. The van der Waals surface area contributed by atoms with Gasteiger partial charge in [0.25, 0.3) is 0 Å². The molecule has 46 heavy (non-hydrogen) atoms. The molecule has 2 aliphatic rings. The van der Waals surface area contributed by atoms with Crippen molar-refractivity contribution >= 4 is 49.8 Å². The highest BCUT2D eigenvalue weighted by Crippen LogP contribution is 2.59. The molecule has 0 bridgehead atoms. The van der Waals surface area contributed by atoms with E-state index in [0.29, 0.717) is 21.9 Å². The summed E-state index contributed by atoms with van der Waals surface area (Å²) < 4.78 is 19.2. The lowest BCUT2D eigenvalue weighted by Gasteiger charge is -2.37. The van der Waals surface area contributed by atoms with E-state index in [1.165, 1.54) is 0 Å². The Morgan fingerprint density at radius 1 is 0.457 bits per heavy atom. The fourth-order valence-electron chi connectivity index (χ4n) is 6.99. The Balaban J connectivity index is 1.15. The van der Waals surface area contributed by atoms with Crippen molar-refractivity contribution in [2.75, 3.05) is 4.90 Å². The molecule has 0 saturated heterocycles. The summed E-state index contributed by atoms with van der Waals surface area (Å²) in [5.41, 5.74) is 8.00. The van der Waals surface area contributed by atoms with Gasteiger partial charge in [-0.05, 0) is 82.1 Å². The Morgan fingerprint density at radius 2 is 1.09 bits per heavy atom. The van der Waals surface area contributed by atoms with Crippen molar-refractivity contribution in [3.05, 3.63) is 150 Å². The summed E-state index contributed by atoms with van der Waals surface area (Å²) in [4.78, 5) is 15.6. The average Bonchev–Trinajstić information content (AvgIpc) is 3.11. The van der Waals surface area contributed by atoms with Crippen LogP contribution in [0.1, 0.15) is 0 Å². The van der Waals surface area contributed by atoms with E-state index in [-0.39, 0.29) is 5.43 Å². The summed E-state index contributed by atoms with van der Waals surface area (Å²) in [6.45, 7) is 0. The topological polar surface area (TPSA) is 51.9 Å². The van der Waals surface area contributed by atoms with Crippen LogP contribution in [0.25, 0.3) is 55.0 Å². The van der Waals surface area contributed by atoms with Crippen LogP contribution >= 0.6 is 0 Å². The first-order chi connectivity index (χ1) is 22.7. The van der Waals surface area contributed by atoms with Crippen LogP contribution in [0.5, 0.6) is 23.0 Å². The Morgan fingerprint density at radius 3 is 1.96 bits per heavy atom. The van der Waals surface area contributed by atoms with Crippen LogP contribution in [-0.4, -0.2) is 0 Å². The summed E-state index contributed by atoms with van der Waals surface area (Å²) in [6, 6.07) is 46.3. The predicted octanol–water partition coefficient (Wildman–Crippen LogP) is 11.1. The van der Waals surface area contributed by atoms with Crippen LogP contribution in [0.3, 0.4) is 0 Å². The van der Waals surface area contributed by atoms with Crippen LogP contribution in [0.4, 0.5) is 17.1 Å². The third-order valence-corrected chi connectivity index (χ3v) is 9.06. The Labute approximate surface area is 263 Å². The molecule has 0 fully saturated rings. The van der Waals surface area contributed by atoms with Crippen LogP contribution in [0.15, 0.2) is 149 Å². The molecular formula is C41H23NO4. The molecule has 7 aromatic carbocycles. The van der Waals surface area contributed by atoms with Crippen LogP contribution < -0.4 is 19.8 Å². The lowest BCUT2D eigenvalue weighted by Crippen LogP contribution is -2.20. The second-order valence-corrected chi connectivity index (χ2v) is 11.6. The van der Waals surface area contributed by atoms with Crippen LogP contribution in [-0.2, 0) is 0 Å². The van der Waals surface area contributed by atoms with E-state index < -0.39 is 0 Å². The summed E-state index contributed by atoms with van der Waals surface area (Å²) in [5, 5.41) is 3.32. The van der Waals surface area contributed by atoms with Gasteiger partial charge in [-0.25, -0.2) is 0 Å². The van der Waals surface area contributed by atoms with Crippen molar-refractivity contribution in [1.82, 2.24) is 0 Å². The minimum atomic E-state index is -0.0229.